The van der Waals surface area contributed by atoms with Crippen molar-refractivity contribution < 1.29 is 1.37 Å². The molecule has 132 valence electrons. The van der Waals surface area contributed by atoms with Crippen LogP contribution in [0, 0.1) is 0 Å². The van der Waals surface area contributed by atoms with Crippen molar-refractivity contribution in [1.29, 1.82) is 0 Å². The van der Waals surface area contributed by atoms with E-state index >= 15 is 0 Å². The maximum Gasteiger partial charge on any atom is 0.0784 e. The Morgan fingerprint density at radius 2 is 1.81 bits per heavy atom. The Hall–Kier alpha value is -1.97. The molecule has 0 fully saturated rings. The molecule has 0 aliphatic heterocycles. The van der Waals surface area contributed by atoms with E-state index in [-0.39, 0.29) is 0 Å². The van der Waals surface area contributed by atoms with Crippen molar-refractivity contribution in [3.8, 4) is 11.3 Å². The molecule has 2 heterocycles. The maximum absolute atomic E-state index is 8.36. The monoisotopic (exact) mass is 376 g/mol. The predicted octanol–water partition coefficient (Wildman–Crippen LogP) is 6.79. The lowest BCUT2D eigenvalue weighted by atomic mass is 10.0. The van der Waals surface area contributed by atoms with Crippen LogP contribution in [0.15, 0.2) is 54.7 Å². The minimum Gasteiger partial charge on any atom is -0.256 e. The van der Waals surface area contributed by atoms with E-state index in [9.17, 15) is 0 Å². The van der Waals surface area contributed by atoms with E-state index in [2.05, 4.69) is 67.1 Å². The molecule has 0 saturated heterocycles. The smallest absolute Gasteiger partial charge is 0.0784 e. The van der Waals surface area contributed by atoms with Crippen LogP contribution in [-0.2, 0) is 0 Å². The summed E-state index contributed by atoms with van der Waals surface area (Å²) < 4.78 is 11.0. The second-order valence-corrected chi connectivity index (χ2v) is 14.2. The third-order valence-electron chi connectivity index (χ3n) is 4.94. The number of aromatic nitrogens is 1. The number of hydrogen-bond acceptors (Lipinski definition) is 2. The zero-order chi connectivity index (χ0) is 19.4. The summed E-state index contributed by atoms with van der Waals surface area (Å²) in [5, 5.41) is 4.29. The van der Waals surface area contributed by atoms with Gasteiger partial charge in [-0.15, -0.1) is 11.3 Å². The Kier molecular flexibility index (Phi) is 3.95. The second-order valence-electron chi connectivity index (χ2n) is 8.14. The van der Waals surface area contributed by atoms with Gasteiger partial charge < -0.3 is 0 Å². The minimum absolute atomic E-state index is 0.628. The van der Waals surface area contributed by atoms with Gasteiger partial charge in [0.25, 0.3) is 0 Å². The first-order valence-electron chi connectivity index (χ1n) is 9.58. The lowest BCUT2D eigenvalue weighted by Crippen LogP contribution is -2.37. The molecule has 0 radical (unpaired) electrons. The Labute approximate surface area is 162 Å². The molecule has 0 atom stereocenters. The Morgan fingerprint density at radius 1 is 1.04 bits per heavy atom. The number of rotatable bonds is 3. The van der Waals surface area contributed by atoms with E-state index in [4.69, 9.17) is 1.37 Å². The average Bonchev–Trinajstić information content (AvgIpc) is 2.99. The van der Waals surface area contributed by atoms with Gasteiger partial charge in [0.15, 0.2) is 0 Å². The molecular formula is C23H25NSSi. The van der Waals surface area contributed by atoms with E-state index in [1.54, 1.807) is 0 Å². The van der Waals surface area contributed by atoms with Crippen molar-refractivity contribution in [2.75, 3.05) is 0 Å². The summed E-state index contributed by atoms with van der Waals surface area (Å²) in [6.45, 7) is 11.1. The topological polar surface area (TPSA) is 12.9 Å². The molecule has 0 aliphatic carbocycles. The fourth-order valence-electron chi connectivity index (χ4n) is 3.56. The first kappa shape index (κ1) is 16.2. The molecule has 0 unspecified atom stereocenters. The summed E-state index contributed by atoms with van der Waals surface area (Å²) in [6.07, 6.45) is 1.83. The minimum atomic E-state index is -1.44. The van der Waals surface area contributed by atoms with Gasteiger partial charge in [-0.05, 0) is 35.0 Å². The van der Waals surface area contributed by atoms with Crippen LogP contribution in [0.4, 0.5) is 0 Å². The third kappa shape index (κ3) is 2.89. The van der Waals surface area contributed by atoms with Gasteiger partial charge in [0.05, 0.1) is 13.8 Å². The van der Waals surface area contributed by atoms with Gasteiger partial charge in [-0.25, -0.2) is 0 Å². The fraction of sp³-hybridized carbons (Fsp3) is 0.261. The van der Waals surface area contributed by atoms with Crippen molar-refractivity contribution in [3.05, 3.63) is 60.3 Å². The summed E-state index contributed by atoms with van der Waals surface area (Å²) in [4.78, 5) is 4.65. The molecule has 26 heavy (non-hydrogen) atoms. The van der Waals surface area contributed by atoms with Gasteiger partial charge in [-0.1, -0.05) is 69.0 Å². The van der Waals surface area contributed by atoms with Crippen LogP contribution in [0.25, 0.3) is 31.4 Å². The lowest BCUT2D eigenvalue weighted by Gasteiger charge is -2.18. The van der Waals surface area contributed by atoms with Gasteiger partial charge in [0.2, 0.25) is 0 Å². The van der Waals surface area contributed by atoms with Crippen molar-refractivity contribution in [1.82, 2.24) is 4.98 Å². The van der Waals surface area contributed by atoms with E-state index in [1.165, 1.54) is 30.9 Å². The van der Waals surface area contributed by atoms with Crippen LogP contribution in [-0.4, -0.2) is 13.1 Å². The highest BCUT2D eigenvalue weighted by atomic mass is 32.1. The summed E-state index contributed by atoms with van der Waals surface area (Å²) in [5.74, 6) is -0.628. The van der Waals surface area contributed by atoms with Crippen LogP contribution < -0.4 is 5.19 Å². The molecular weight excluding hydrogens is 350 g/mol. The highest BCUT2D eigenvalue weighted by Gasteiger charge is 2.22. The largest absolute Gasteiger partial charge is 0.256 e. The highest BCUT2D eigenvalue weighted by molar-refractivity contribution is 7.26. The van der Waals surface area contributed by atoms with Crippen molar-refractivity contribution in [2.24, 2.45) is 0 Å². The molecule has 0 amide bonds. The summed E-state index contributed by atoms with van der Waals surface area (Å²) in [6, 6.07) is 17.3. The number of pyridine rings is 1. The lowest BCUT2D eigenvalue weighted by molar-refractivity contribution is 0.864. The van der Waals surface area contributed by atoms with Crippen LogP contribution in [0.1, 0.15) is 26.7 Å². The van der Waals surface area contributed by atoms with Crippen LogP contribution in [0.2, 0.25) is 19.6 Å². The van der Waals surface area contributed by atoms with Gasteiger partial charge in [0.1, 0.15) is 0 Å². The normalized spacial score (nSPS) is 13.3. The quantitative estimate of drug-likeness (QED) is 0.359. The molecule has 0 saturated carbocycles. The molecule has 4 rings (SSSR count). The number of hydrogen-bond donors (Lipinski definition) is 0. The molecule has 2 aromatic carbocycles. The van der Waals surface area contributed by atoms with Crippen molar-refractivity contribution in [3.63, 3.8) is 0 Å². The zero-order valence-corrected chi connectivity index (χ0v) is 17.9. The Morgan fingerprint density at radius 3 is 2.54 bits per heavy atom. The fourth-order valence-corrected chi connectivity index (χ4v) is 6.52. The third-order valence-corrected chi connectivity index (χ3v) is 8.18. The summed E-state index contributed by atoms with van der Waals surface area (Å²) in [7, 11) is -1.44. The molecule has 0 aliphatic rings. The van der Waals surface area contributed by atoms with E-state index < -0.39 is 14.0 Å². The Balaban J connectivity index is 2.02. The molecule has 2 aromatic heterocycles. The van der Waals surface area contributed by atoms with Crippen LogP contribution >= 0.6 is 11.3 Å². The molecule has 0 bridgehead atoms. The Bertz CT molecular complexity index is 1150. The SMILES string of the molecule is [2H]C(C)(C)c1ccnc(-c2cccc3c2sc2cccc([Si](C)(C)C)c23)c1. The molecule has 0 spiro atoms. The van der Waals surface area contributed by atoms with E-state index in [0.717, 1.165) is 11.3 Å². The summed E-state index contributed by atoms with van der Waals surface area (Å²) >= 11 is 1.86. The van der Waals surface area contributed by atoms with Crippen LogP contribution in [0.5, 0.6) is 0 Å². The molecule has 0 N–H and O–H groups in total. The maximum atomic E-state index is 8.36. The van der Waals surface area contributed by atoms with Gasteiger partial charge >= 0.3 is 0 Å². The van der Waals surface area contributed by atoms with Crippen molar-refractivity contribution in [2.45, 2.75) is 39.4 Å². The molecule has 1 nitrogen and oxygen atoms in total. The predicted molar refractivity (Wildman–Crippen MR) is 120 cm³/mol. The van der Waals surface area contributed by atoms with E-state index in [0.29, 0.717) is 0 Å². The number of fused-ring (bicyclic) bond motifs is 3. The highest BCUT2D eigenvalue weighted by Crippen LogP contribution is 2.39. The number of thiophene rings is 1. The number of nitrogens with zero attached hydrogens (tertiary/aromatic N) is 1. The van der Waals surface area contributed by atoms with Gasteiger partial charge in [-0.3, -0.25) is 4.98 Å². The standard InChI is InChI=1S/C23H25NSSi/c1-15(2)16-12-13-24-19(14-16)17-8-6-9-18-22-20(25-23(17)18)10-7-11-21(22)26(3,4)5/h6-15H,1-5H3/i15D. The second kappa shape index (κ2) is 6.33. The first-order valence-corrected chi connectivity index (χ1v) is 13.4. The number of benzene rings is 2. The van der Waals surface area contributed by atoms with Gasteiger partial charge in [0, 0.05) is 27.9 Å². The first-order chi connectivity index (χ1) is 12.7. The zero-order valence-electron chi connectivity index (χ0n) is 17.1. The average molecular weight is 377 g/mol. The molecule has 4 aromatic rings. The van der Waals surface area contributed by atoms with E-state index in [1.807, 2.05) is 37.4 Å². The summed E-state index contributed by atoms with van der Waals surface area (Å²) in [5.41, 5.74) is 3.12. The molecule has 3 heteroatoms. The van der Waals surface area contributed by atoms with Crippen LogP contribution in [0.3, 0.4) is 0 Å². The van der Waals surface area contributed by atoms with Crippen molar-refractivity contribution >= 4 is 44.8 Å². The van der Waals surface area contributed by atoms with Gasteiger partial charge in [-0.2, -0.15) is 0 Å².